The van der Waals surface area contributed by atoms with E-state index >= 15 is 0 Å². The fraction of sp³-hybridized carbons (Fsp3) is 0.381. The van der Waals surface area contributed by atoms with Gasteiger partial charge in [-0.3, -0.25) is 4.48 Å². The number of methoxy groups -OCH3 is 2. The number of pyridine rings is 1. The summed E-state index contributed by atoms with van der Waals surface area (Å²) in [5.41, 5.74) is 15.2. The third kappa shape index (κ3) is 3.62. The number of nitrogens with two attached hydrogens (primary N) is 2. The van der Waals surface area contributed by atoms with Gasteiger partial charge < -0.3 is 25.7 Å². The smallest absolute Gasteiger partial charge is 0.259 e. The van der Waals surface area contributed by atoms with E-state index in [2.05, 4.69) is 9.97 Å². The van der Waals surface area contributed by atoms with Crippen molar-refractivity contribution in [3.05, 3.63) is 30.3 Å². The minimum Gasteiger partial charge on any atom is -0.493 e. The minimum atomic E-state index is 0.235. The number of hydrogen-bond acceptors (Lipinski definition) is 8. The van der Waals surface area contributed by atoms with Gasteiger partial charge in [-0.05, 0) is 30.3 Å². The second-order valence-corrected chi connectivity index (χ2v) is 7.26. The number of benzene rings is 1. The molecule has 0 spiro atoms. The highest BCUT2D eigenvalue weighted by Gasteiger charge is 2.37. The number of hydrogen-bond donors (Lipinski definition) is 2. The van der Waals surface area contributed by atoms with Gasteiger partial charge >= 0.3 is 0 Å². The summed E-state index contributed by atoms with van der Waals surface area (Å²) in [5.74, 6) is 2.35. The molecule has 0 amide bonds. The van der Waals surface area contributed by atoms with Crippen molar-refractivity contribution in [3.8, 4) is 22.8 Å². The molecule has 1 aromatic carbocycles. The monoisotopic (exact) mass is 411 g/mol. The van der Waals surface area contributed by atoms with E-state index in [-0.39, 0.29) is 5.95 Å². The van der Waals surface area contributed by atoms with E-state index in [1.807, 2.05) is 30.3 Å². The Balaban J connectivity index is 1.88. The van der Waals surface area contributed by atoms with E-state index in [9.17, 15) is 0 Å². The number of ether oxygens (including phenoxy) is 3. The molecule has 4 N–H and O–H groups in total. The highest BCUT2D eigenvalue weighted by molar-refractivity contribution is 5.88. The van der Waals surface area contributed by atoms with Gasteiger partial charge in [-0.1, -0.05) is 0 Å². The summed E-state index contributed by atoms with van der Waals surface area (Å²) < 4.78 is 17.0. The molecule has 0 radical (unpaired) electrons. The first kappa shape index (κ1) is 20.3. The minimum absolute atomic E-state index is 0.235. The van der Waals surface area contributed by atoms with E-state index in [0.29, 0.717) is 41.3 Å². The average Bonchev–Trinajstić information content (AvgIpc) is 2.78. The Morgan fingerprint density at radius 2 is 1.77 bits per heavy atom. The second-order valence-electron chi connectivity index (χ2n) is 7.26. The van der Waals surface area contributed by atoms with Crippen molar-refractivity contribution in [2.75, 3.05) is 59.3 Å². The van der Waals surface area contributed by atoms with Gasteiger partial charge in [-0.2, -0.15) is 4.98 Å². The van der Waals surface area contributed by atoms with Crippen LogP contribution in [0, 0.1) is 0 Å². The van der Waals surface area contributed by atoms with Crippen LogP contribution in [0.5, 0.6) is 11.5 Å². The van der Waals surface area contributed by atoms with Crippen LogP contribution in [0.25, 0.3) is 22.3 Å². The summed E-state index contributed by atoms with van der Waals surface area (Å²) >= 11 is 0. The molecule has 3 aromatic rings. The molecule has 3 heterocycles. The van der Waals surface area contributed by atoms with Crippen LogP contribution in [-0.4, -0.2) is 68.6 Å². The first-order valence-corrected chi connectivity index (χ1v) is 9.91. The molecule has 0 bridgehead atoms. The third-order valence-corrected chi connectivity index (χ3v) is 5.55. The second kappa shape index (κ2) is 8.39. The molecule has 0 unspecified atom stereocenters. The number of anilines is 1. The first-order chi connectivity index (χ1) is 14.6. The van der Waals surface area contributed by atoms with Crippen LogP contribution in [0.1, 0.15) is 0 Å². The van der Waals surface area contributed by atoms with E-state index < -0.39 is 0 Å². The van der Waals surface area contributed by atoms with Crippen molar-refractivity contribution in [3.63, 3.8) is 0 Å². The lowest BCUT2D eigenvalue weighted by Gasteiger charge is -2.39. The molecule has 0 aliphatic carbocycles. The van der Waals surface area contributed by atoms with Crippen LogP contribution in [0.15, 0.2) is 30.3 Å². The Morgan fingerprint density at radius 1 is 1.00 bits per heavy atom. The molecule has 30 heavy (non-hydrogen) atoms. The van der Waals surface area contributed by atoms with Crippen molar-refractivity contribution in [2.45, 2.75) is 0 Å². The largest absolute Gasteiger partial charge is 0.493 e. The van der Waals surface area contributed by atoms with E-state index in [4.69, 9.17) is 30.7 Å². The predicted molar refractivity (Wildman–Crippen MR) is 117 cm³/mol. The van der Waals surface area contributed by atoms with Crippen molar-refractivity contribution in [2.24, 2.45) is 5.73 Å². The molecule has 9 heteroatoms. The molecule has 9 nitrogen and oxygen atoms in total. The zero-order chi connectivity index (χ0) is 21.1. The standard InChI is InChI=1S/C21H27N6O3/c1-28-17-6-3-14(13-18(17)29-2)15-4-5-16-19(24-15)20(26-21(23)25-16)27(8-7-22)9-11-30-12-10-27/h3-6,13H,7-12,22H2,1-2H3,(H2,23,25,26)/q+1. The Hall–Kier alpha value is -3.01. The Bertz CT molecular complexity index is 1050. The number of nitrogens with zero attached hydrogens (tertiary/aromatic N) is 4. The molecule has 0 saturated carbocycles. The fourth-order valence-electron chi connectivity index (χ4n) is 3.98. The number of quaternary nitrogens is 1. The lowest BCUT2D eigenvalue weighted by atomic mass is 10.1. The molecule has 4 rings (SSSR count). The summed E-state index contributed by atoms with van der Waals surface area (Å²) in [7, 11) is 3.23. The SMILES string of the molecule is COc1ccc(-c2ccc3nc(N)nc([N+]4(CCN)CCOCC4)c3n2)cc1OC. The van der Waals surface area contributed by atoms with Crippen LogP contribution in [0.3, 0.4) is 0 Å². The number of aromatic nitrogens is 3. The van der Waals surface area contributed by atoms with E-state index in [1.54, 1.807) is 14.2 Å². The van der Waals surface area contributed by atoms with Crippen molar-refractivity contribution < 1.29 is 14.2 Å². The van der Waals surface area contributed by atoms with Gasteiger partial charge in [0, 0.05) is 12.1 Å². The van der Waals surface area contributed by atoms with Crippen LogP contribution in [0.4, 0.5) is 11.8 Å². The molecular formula is C21H27N6O3+. The number of rotatable bonds is 6. The molecule has 1 saturated heterocycles. The molecule has 158 valence electrons. The molecule has 2 aromatic heterocycles. The van der Waals surface area contributed by atoms with Crippen molar-refractivity contribution >= 4 is 22.8 Å². The number of fused-ring (bicyclic) bond motifs is 1. The Labute approximate surface area is 175 Å². The maximum atomic E-state index is 6.05. The Kier molecular flexibility index (Phi) is 5.67. The summed E-state index contributed by atoms with van der Waals surface area (Å²) in [4.78, 5) is 14.0. The quantitative estimate of drug-likeness (QED) is 0.587. The lowest BCUT2D eigenvalue weighted by Crippen LogP contribution is -2.59. The molecule has 1 aliphatic heterocycles. The van der Waals surface area contributed by atoms with E-state index in [1.165, 1.54) is 0 Å². The van der Waals surface area contributed by atoms with Crippen LogP contribution < -0.4 is 25.4 Å². The lowest BCUT2D eigenvalue weighted by molar-refractivity contribution is 0.0411. The number of nitrogen functional groups attached to an aromatic ring is 1. The maximum absolute atomic E-state index is 6.05. The van der Waals surface area contributed by atoms with Gasteiger partial charge in [-0.15, -0.1) is 0 Å². The van der Waals surface area contributed by atoms with Gasteiger partial charge in [0.1, 0.15) is 18.6 Å². The number of morpholine rings is 1. The molecule has 1 aliphatic rings. The first-order valence-electron chi connectivity index (χ1n) is 9.91. The van der Waals surface area contributed by atoms with Crippen molar-refractivity contribution in [1.29, 1.82) is 0 Å². The van der Waals surface area contributed by atoms with Gasteiger partial charge in [0.2, 0.25) is 5.95 Å². The summed E-state index contributed by atoms with van der Waals surface area (Å²) in [5, 5.41) is 0. The van der Waals surface area contributed by atoms with Crippen LogP contribution in [-0.2, 0) is 4.74 Å². The molecule has 1 fully saturated rings. The summed E-state index contributed by atoms with van der Waals surface area (Å²) in [6.45, 7) is 4.08. The van der Waals surface area contributed by atoms with Gasteiger partial charge in [0.25, 0.3) is 5.82 Å². The molecular weight excluding hydrogens is 384 g/mol. The summed E-state index contributed by atoms with van der Waals surface area (Å²) in [6, 6.07) is 9.57. The normalized spacial score (nSPS) is 15.8. The zero-order valence-corrected chi connectivity index (χ0v) is 17.3. The van der Waals surface area contributed by atoms with Crippen LogP contribution in [0.2, 0.25) is 0 Å². The average molecular weight is 411 g/mol. The topological polar surface area (TPSA) is 118 Å². The maximum Gasteiger partial charge on any atom is 0.259 e. The van der Waals surface area contributed by atoms with Crippen molar-refractivity contribution in [1.82, 2.24) is 19.4 Å². The third-order valence-electron chi connectivity index (χ3n) is 5.55. The van der Waals surface area contributed by atoms with Gasteiger partial charge in [-0.25, -0.2) is 9.97 Å². The summed E-state index contributed by atoms with van der Waals surface area (Å²) in [6.07, 6.45) is 0. The van der Waals surface area contributed by atoms with Crippen LogP contribution >= 0.6 is 0 Å². The highest BCUT2D eigenvalue weighted by atomic mass is 16.5. The zero-order valence-electron chi connectivity index (χ0n) is 17.3. The van der Waals surface area contributed by atoms with Gasteiger partial charge in [0.15, 0.2) is 17.0 Å². The highest BCUT2D eigenvalue weighted by Crippen LogP contribution is 2.34. The Morgan fingerprint density at radius 3 is 2.47 bits per heavy atom. The fourth-order valence-corrected chi connectivity index (χ4v) is 3.98. The predicted octanol–water partition coefficient (Wildman–Crippen LogP) is 1.59. The molecule has 0 atom stereocenters. The van der Waals surface area contributed by atoms with Gasteiger partial charge in [0.05, 0.1) is 39.7 Å². The van der Waals surface area contributed by atoms with E-state index in [0.717, 1.165) is 42.2 Å².